The Morgan fingerprint density at radius 2 is 2.06 bits per heavy atom. The Labute approximate surface area is 104 Å². The largest absolute Gasteiger partial charge is 0.475 e. The third-order valence-corrected chi connectivity index (χ3v) is 3.07. The van der Waals surface area contributed by atoms with Crippen molar-refractivity contribution in [2.75, 3.05) is 32.0 Å². The summed E-state index contributed by atoms with van der Waals surface area (Å²) in [7, 11) is 0. The van der Waals surface area contributed by atoms with Gasteiger partial charge in [-0.25, -0.2) is 9.97 Å². The molecule has 0 fully saturated rings. The maximum atomic E-state index is 5.62. The Hall–Kier alpha value is -0.880. The van der Waals surface area contributed by atoms with E-state index in [2.05, 4.69) is 44.6 Å². The Morgan fingerprint density at radius 3 is 2.69 bits per heavy atom. The quantitative estimate of drug-likeness (QED) is 0.860. The maximum absolute atomic E-state index is 5.62. The van der Waals surface area contributed by atoms with Crippen LogP contribution >= 0.6 is 15.9 Å². The van der Waals surface area contributed by atoms with Crippen molar-refractivity contribution in [1.29, 1.82) is 0 Å². The lowest BCUT2D eigenvalue weighted by molar-refractivity contribution is 0.217. The average molecular weight is 289 g/mol. The molecule has 0 aromatic carbocycles. The maximum Gasteiger partial charge on any atom is 0.233 e. The summed E-state index contributed by atoms with van der Waals surface area (Å²) < 4.78 is 6.15. The summed E-state index contributed by atoms with van der Waals surface area (Å²) in [6.45, 7) is 7.77. The van der Waals surface area contributed by atoms with Gasteiger partial charge in [-0.3, -0.25) is 0 Å². The van der Waals surface area contributed by atoms with E-state index in [-0.39, 0.29) is 0 Å². The van der Waals surface area contributed by atoms with Crippen LogP contribution in [0.15, 0.2) is 10.8 Å². The van der Waals surface area contributed by atoms with E-state index in [9.17, 15) is 0 Å². The first-order chi connectivity index (χ1) is 7.69. The van der Waals surface area contributed by atoms with E-state index in [4.69, 9.17) is 10.5 Å². The van der Waals surface area contributed by atoms with Crippen LogP contribution in [-0.4, -0.2) is 41.1 Å². The van der Waals surface area contributed by atoms with Gasteiger partial charge in [-0.15, -0.1) is 0 Å². The zero-order chi connectivity index (χ0) is 12.0. The highest BCUT2D eigenvalue weighted by molar-refractivity contribution is 9.10. The fraction of sp³-hybridized carbons (Fsp3) is 0.600. The second-order valence-corrected chi connectivity index (χ2v) is 4.05. The zero-order valence-corrected chi connectivity index (χ0v) is 11.2. The van der Waals surface area contributed by atoms with Gasteiger partial charge in [0.25, 0.3) is 0 Å². The topological polar surface area (TPSA) is 64.3 Å². The highest BCUT2D eigenvalue weighted by Crippen LogP contribution is 2.25. The van der Waals surface area contributed by atoms with E-state index < -0.39 is 0 Å². The number of nitrogens with zero attached hydrogens (tertiary/aromatic N) is 3. The molecule has 0 radical (unpaired) electrons. The molecule has 90 valence electrons. The number of halogens is 1. The number of ether oxygens (including phenoxy) is 1. The Morgan fingerprint density at radius 1 is 1.38 bits per heavy atom. The molecule has 0 aliphatic heterocycles. The minimum Gasteiger partial charge on any atom is -0.475 e. The van der Waals surface area contributed by atoms with Crippen molar-refractivity contribution in [1.82, 2.24) is 14.9 Å². The molecule has 0 spiro atoms. The van der Waals surface area contributed by atoms with Gasteiger partial charge < -0.3 is 15.4 Å². The molecule has 2 N–H and O–H groups in total. The van der Waals surface area contributed by atoms with Gasteiger partial charge in [-0.1, -0.05) is 13.8 Å². The van der Waals surface area contributed by atoms with Crippen molar-refractivity contribution in [3.63, 3.8) is 0 Å². The molecule has 1 heterocycles. The molecule has 0 aliphatic rings. The number of anilines is 1. The van der Waals surface area contributed by atoms with Crippen molar-refractivity contribution in [3.8, 4) is 5.88 Å². The predicted molar refractivity (Wildman–Crippen MR) is 67.4 cm³/mol. The minimum atomic E-state index is 0.396. The summed E-state index contributed by atoms with van der Waals surface area (Å²) in [5, 5.41) is 0. The Kier molecular flexibility index (Phi) is 5.48. The first-order valence-corrected chi connectivity index (χ1v) is 6.09. The summed E-state index contributed by atoms with van der Waals surface area (Å²) in [5.74, 6) is 0.896. The molecule has 0 aliphatic carbocycles. The number of rotatable bonds is 6. The molecule has 0 saturated carbocycles. The van der Waals surface area contributed by atoms with Crippen molar-refractivity contribution in [3.05, 3.63) is 10.8 Å². The van der Waals surface area contributed by atoms with Crippen molar-refractivity contribution >= 4 is 21.7 Å². The van der Waals surface area contributed by atoms with Gasteiger partial charge in [0, 0.05) is 6.54 Å². The molecule has 5 nitrogen and oxygen atoms in total. The number of nitrogens with two attached hydrogens (primary N) is 1. The van der Waals surface area contributed by atoms with Gasteiger partial charge in [0.2, 0.25) is 5.88 Å². The van der Waals surface area contributed by atoms with Crippen LogP contribution in [-0.2, 0) is 0 Å². The van der Waals surface area contributed by atoms with E-state index in [1.165, 1.54) is 6.33 Å². The third-order valence-electron chi connectivity index (χ3n) is 2.33. The number of nitrogen functional groups attached to an aromatic ring is 1. The lowest BCUT2D eigenvalue weighted by Crippen LogP contribution is -2.28. The number of likely N-dealkylation sites (N-methyl/N-ethyl adjacent to an activating group) is 1. The van der Waals surface area contributed by atoms with Crippen LogP contribution in [0.3, 0.4) is 0 Å². The second kappa shape index (κ2) is 6.65. The normalized spacial score (nSPS) is 10.8. The zero-order valence-electron chi connectivity index (χ0n) is 9.61. The monoisotopic (exact) mass is 288 g/mol. The average Bonchev–Trinajstić information content (AvgIpc) is 2.30. The fourth-order valence-corrected chi connectivity index (χ4v) is 1.60. The van der Waals surface area contributed by atoms with Crippen LogP contribution in [0.1, 0.15) is 13.8 Å². The van der Waals surface area contributed by atoms with E-state index in [0.29, 0.717) is 22.8 Å². The Bertz CT molecular complexity index is 331. The van der Waals surface area contributed by atoms with Gasteiger partial charge in [-0.05, 0) is 29.0 Å². The molecular weight excluding hydrogens is 272 g/mol. The number of hydrogen-bond acceptors (Lipinski definition) is 5. The summed E-state index contributed by atoms with van der Waals surface area (Å²) in [6, 6.07) is 0. The van der Waals surface area contributed by atoms with Crippen molar-refractivity contribution in [2.45, 2.75) is 13.8 Å². The molecule has 1 aromatic rings. The summed E-state index contributed by atoms with van der Waals surface area (Å²) >= 11 is 3.29. The first kappa shape index (κ1) is 13.2. The molecule has 0 atom stereocenters. The van der Waals surface area contributed by atoms with Crippen molar-refractivity contribution in [2.24, 2.45) is 0 Å². The van der Waals surface area contributed by atoms with Crippen LogP contribution in [0.2, 0.25) is 0 Å². The molecule has 1 aromatic heterocycles. The van der Waals surface area contributed by atoms with Crippen LogP contribution < -0.4 is 10.5 Å². The predicted octanol–water partition coefficient (Wildman–Crippen LogP) is 1.54. The Balaban J connectivity index is 2.46. The van der Waals surface area contributed by atoms with Crippen LogP contribution in [0.5, 0.6) is 5.88 Å². The lowest BCUT2D eigenvalue weighted by Gasteiger charge is -2.17. The van der Waals surface area contributed by atoms with Gasteiger partial charge in [0.1, 0.15) is 23.2 Å². The summed E-state index contributed by atoms with van der Waals surface area (Å²) in [6.07, 6.45) is 1.40. The van der Waals surface area contributed by atoms with Gasteiger partial charge in [0.15, 0.2) is 0 Å². The third kappa shape index (κ3) is 3.61. The highest BCUT2D eigenvalue weighted by atomic mass is 79.9. The molecule has 1 rings (SSSR count). The fourth-order valence-electron chi connectivity index (χ4n) is 1.28. The van der Waals surface area contributed by atoms with Gasteiger partial charge in [-0.2, -0.15) is 0 Å². The molecule has 0 saturated heterocycles. The molecule has 0 bridgehead atoms. The lowest BCUT2D eigenvalue weighted by atomic mass is 10.5. The van der Waals surface area contributed by atoms with Crippen LogP contribution in [0.25, 0.3) is 0 Å². The molecular formula is C10H17BrN4O. The molecule has 0 amide bonds. The standard InChI is InChI=1S/C10H17BrN4O/c1-3-15(4-2)5-6-16-10-8(11)9(12)13-7-14-10/h7H,3-6H2,1-2H3,(H2,12,13,14). The SMILES string of the molecule is CCN(CC)CCOc1ncnc(N)c1Br. The van der Waals surface area contributed by atoms with Gasteiger partial charge in [0.05, 0.1) is 0 Å². The minimum absolute atomic E-state index is 0.396. The summed E-state index contributed by atoms with van der Waals surface area (Å²) in [4.78, 5) is 10.1. The smallest absolute Gasteiger partial charge is 0.233 e. The first-order valence-electron chi connectivity index (χ1n) is 5.30. The highest BCUT2D eigenvalue weighted by Gasteiger charge is 2.07. The van der Waals surface area contributed by atoms with Crippen molar-refractivity contribution < 1.29 is 4.74 Å². The second-order valence-electron chi connectivity index (χ2n) is 3.25. The molecule has 16 heavy (non-hydrogen) atoms. The van der Waals surface area contributed by atoms with Crippen LogP contribution in [0, 0.1) is 0 Å². The van der Waals surface area contributed by atoms with E-state index in [1.54, 1.807) is 0 Å². The number of aromatic nitrogens is 2. The summed E-state index contributed by atoms with van der Waals surface area (Å²) in [5.41, 5.74) is 5.62. The van der Waals surface area contributed by atoms with Gasteiger partial charge >= 0.3 is 0 Å². The van der Waals surface area contributed by atoms with E-state index in [1.807, 2.05) is 0 Å². The van der Waals surface area contributed by atoms with E-state index >= 15 is 0 Å². The van der Waals surface area contributed by atoms with E-state index in [0.717, 1.165) is 19.6 Å². The molecule has 6 heteroatoms. The van der Waals surface area contributed by atoms with Crippen LogP contribution in [0.4, 0.5) is 5.82 Å². The number of hydrogen-bond donors (Lipinski definition) is 1. The molecule has 0 unspecified atom stereocenters.